The molecule has 0 spiro atoms. The highest BCUT2D eigenvalue weighted by molar-refractivity contribution is 5.74. The summed E-state index contributed by atoms with van der Waals surface area (Å²) in [4.78, 5) is 11.8. The third kappa shape index (κ3) is 7.85. The Labute approximate surface area is 137 Å². The van der Waals surface area contributed by atoms with Crippen LogP contribution in [0.2, 0.25) is 0 Å². The topological polar surface area (TPSA) is 74.2 Å². The number of hydrogen-bond acceptors (Lipinski definition) is 6. The van der Waals surface area contributed by atoms with E-state index in [-0.39, 0.29) is 24.9 Å². The molecule has 0 aliphatic rings. The normalized spacial score (nSPS) is 10.8. The van der Waals surface area contributed by atoms with Gasteiger partial charge in [-0.2, -0.15) is 0 Å². The average Bonchev–Trinajstić information content (AvgIpc) is 2.51. The Bertz CT molecular complexity index is 472. The van der Waals surface area contributed by atoms with Crippen LogP contribution in [0, 0.1) is 5.92 Å². The smallest absolute Gasteiger partial charge is 0.311 e. The summed E-state index contributed by atoms with van der Waals surface area (Å²) in [6.45, 7) is 7.32. The highest BCUT2D eigenvalue weighted by Gasteiger charge is 2.15. The molecule has 23 heavy (non-hydrogen) atoms. The number of ether oxygens (including phenoxy) is 4. The molecule has 130 valence electrons. The lowest BCUT2D eigenvalue weighted by atomic mass is 10.1. The molecule has 6 nitrogen and oxygen atoms in total. The van der Waals surface area contributed by atoms with Gasteiger partial charge >= 0.3 is 5.97 Å². The first-order valence-electron chi connectivity index (χ1n) is 7.85. The first-order valence-corrected chi connectivity index (χ1v) is 7.85. The van der Waals surface area contributed by atoms with Gasteiger partial charge in [0.2, 0.25) is 5.75 Å². The zero-order valence-corrected chi connectivity index (χ0v) is 14.0. The number of phenols is 1. The number of benzene rings is 1. The lowest BCUT2D eigenvalue weighted by molar-refractivity contribution is -0.134. The van der Waals surface area contributed by atoms with Gasteiger partial charge in [-0.1, -0.05) is 19.9 Å². The molecule has 0 aliphatic carbocycles. The van der Waals surface area contributed by atoms with Gasteiger partial charge < -0.3 is 24.1 Å². The molecule has 0 atom stereocenters. The van der Waals surface area contributed by atoms with E-state index in [1.807, 2.05) is 20.8 Å². The van der Waals surface area contributed by atoms with Crippen LogP contribution < -0.4 is 9.47 Å². The molecule has 0 unspecified atom stereocenters. The van der Waals surface area contributed by atoms with Crippen molar-refractivity contribution in [2.24, 2.45) is 5.92 Å². The summed E-state index contributed by atoms with van der Waals surface area (Å²) in [6, 6.07) is 4.70. The molecule has 0 saturated carbocycles. The lowest BCUT2D eigenvalue weighted by Gasteiger charge is -2.13. The van der Waals surface area contributed by atoms with Gasteiger partial charge in [-0.05, 0) is 31.4 Å². The highest BCUT2D eigenvalue weighted by atomic mass is 16.7. The molecule has 0 heterocycles. The molecule has 1 N–H and O–H groups in total. The summed E-state index contributed by atoms with van der Waals surface area (Å²) in [5.41, 5.74) is 0. The van der Waals surface area contributed by atoms with Gasteiger partial charge in [0, 0.05) is 13.0 Å². The summed E-state index contributed by atoms with van der Waals surface area (Å²) in [7, 11) is 0. The van der Waals surface area contributed by atoms with Crippen molar-refractivity contribution in [2.45, 2.75) is 33.6 Å². The van der Waals surface area contributed by atoms with Crippen molar-refractivity contribution in [2.75, 3.05) is 26.6 Å². The summed E-state index contributed by atoms with van der Waals surface area (Å²) in [5.74, 6) is 0.243. The van der Waals surface area contributed by atoms with Crippen molar-refractivity contribution in [1.82, 2.24) is 0 Å². The van der Waals surface area contributed by atoms with E-state index in [9.17, 15) is 9.90 Å². The molecular weight excluding hydrogens is 300 g/mol. The van der Waals surface area contributed by atoms with Gasteiger partial charge in [0.1, 0.15) is 13.4 Å². The van der Waals surface area contributed by atoms with Crippen molar-refractivity contribution in [1.29, 1.82) is 0 Å². The fourth-order valence-corrected chi connectivity index (χ4v) is 1.70. The second-order valence-corrected chi connectivity index (χ2v) is 5.38. The number of para-hydroxylation sites is 1. The van der Waals surface area contributed by atoms with Crippen LogP contribution in [0.5, 0.6) is 17.2 Å². The molecule has 1 aromatic carbocycles. The molecule has 0 aromatic heterocycles. The molecule has 1 aromatic rings. The third-order valence-electron chi connectivity index (χ3n) is 2.96. The number of aromatic hydroxyl groups is 1. The van der Waals surface area contributed by atoms with Crippen LogP contribution in [-0.2, 0) is 14.3 Å². The maximum atomic E-state index is 11.8. The minimum absolute atomic E-state index is 0.0473. The van der Waals surface area contributed by atoms with Crippen molar-refractivity contribution < 1.29 is 28.8 Å². The predicted molar refractivity (Wildman–Crippen MR) is 85.8 cm³/mol. The number of rotatable bonds is 11. The summed E-state index contributed by atoms with van der Waals surface area (Å²) < 4.78 is 21.0. The summed E-state index contributed by atoms with van der Waals surface area (Å²) >= 11 is 0. The number of carbonyl (C=O) groups excluding carboxylic acids is 1. The summed E-state index contributed by atoms with van der Waals surface area (Å²) in [6.07, 6.45) is 1.02. The largest absolute Gasteiger partial charge is 0.504 e. The van der Waals surface area contributed by atoms with Crippen LogP contribution in [0.1, 0.15) is 33.6 Å². The van der Waals surface area contributed by atoms with Crippen molar-refractivity contribution >= 4 is 5.97 Å². The van der Waals surface area contributed by atoms with Crippen LogP contribution in [0.25, 0.3) is 0 Å². The highest BCUT2D eigenvalue weighted by Crippen LogP contribution is 2.36. The first-order chi connectivity index (χ1) is 11.0. The number of hydrogen-bond donors (Lipinski definition) is 1. The molecule has 0 saturated heterocycles. The van der Waals surface area contributed by atoms with E-state index in [4.69, 9.17) is 18.9 Å². The Morgan fingerprint density at radius 1 is 1.22 bits per heavy atom. The van der Waals surface area contributed by atoms with Gasteiger partial charge in [0.15, 0.2) is 11.5 Å². The Kier molecular flexibility index (Phi) is 9.09. The average molecular weight is 326 g/mol. The van der Waals surface area contributed by atoms with E-state index in [0.29, 0.717) is 31.3 Å². The maximum absolute atomic E-state index is 11.8. The molecule has 0 amide bonds. The van der Waals surface area contributed by atoms with Gasteiger partial charge in [-0.3, -0.25) is 4.79 Å². The molecule has 1 rings (SSSR count). The number of phenolic OH excluding ortho intramolecular Hbond substituents is 1. The standard InChI is InChI=1S/C17H26O6/c1-4-20-12-21-10-11-22-15-7-5-6-14(18)17(15)23-16(19)9-8-13(2)3/h5-7,13,18H,4,8-12H2,1-3H3. The van der Waals surface area contributed by atoms with Crippen LogP contribution in [0.4, 0.5) is 0 Å². The molecular formula is C17H26O6. The van der Waals surface area contributed by atoms with Crippen molar-refractivity contribution in [3.05, 3.63) is 18.2 Å². The van der Waals surface area contributed by atoms with Gasteiger partial charge in [-0.15, -0.1) is 0 Å². The summed E-state index contributed by atoms with van der Waals surface area (Å²) in [5, 5.41) is 9.88. The third-order valence-corrected chi connectivity index (χ3v) is 2.96. The second-order valence-electron chi connectivity index (χ2n) is 5.38. The van der Waals surface area contributed by atoms with Gasteiger partial charge in [0.25, 0.3) is 0 Å². The molecule has 0 fully saturated rings. The van der Waals surface area contributed by atoms with Crippen molar-refractivity contribution in [3.8, 4) is 17.2 Å². The van der Waals surface area contributed by atoms with Crippen LogP contribution in [0.15, 0.2) is 18.2 Å². The lowest BCUT2D eigenvalue weighted by Crippen LogP contribution is -2.12. The van der Waals surface area contributed by atoms with Crippen LogP contribution >= 0.6 is 0 Å². The van der Waals surface area contributed by atoms with E-state index >= 15 is 0 Å². The Morgan fingerprint density at radius 3 is 2.70 bits per heavy atom. The van der Waals surface area contributed by atoms with E-state index < -0.39 is 5.97 Å². The zero-order valence-electron chi connectivity index (χ0n) is 14.0. The quantitative estimate of drug-likeness (QED) is 0.291. The fourth-order valence-electron chi connectivity index (χ4n) is 1.70. The van der Waals surface area contributed by atoms with E-state index in [0.717, 1.165) is 6.42 Å². The zero-order chi connectivity index (χ0) is 17.1. The fraction of sp³-hybridized carbons (Fsp3) is 0.588. The Morgan fingerprint density at radius 2 is 2.00 bits per heavy atom. The maximum Gasteiger partial charge on any atom is 0.311 e. The minimum atomic E-state index is -0.391. The first kappa shape index (κ1) is 19.3. The van der Waals surface area contributed by atoms with Gasteiger partial charge in [0.05, 0.1) is 6.61 Å². The molecule has 6 heteroatoms. The molecule has 0 aliphatic heterocycles. The molecule has 0 bridgehead atoms. The predicted octanol–water partition coefficient (Wildman–Crippen LogP) is 3.12. The van der Waals surface area contributed by atoms with E-state index in [2.05, 4.69) is 0 Å². The van der Waals surface area contributed by atoms with E-state index in [1.54, 1.807) is 12.1 Å². The van der Waals surface area contributed by atoms with Gasteiger partial charge in [-0.25, -0.2) is 0 Å². The van der Waals surface area contributed by atoms with Crippen LogP contribution in [0.3, 0.4) is 0 Å². The molecule has 0 radical (unpaired) electrons. The Hall–Kier alpha value is -1.79. The second kappa shape index (κ2) is 10.9. The number of esters is 1. The monoisotopic (exact) mass is 326 g/mol. The number of carbonyl (C=O) groups is 1. The van der Waals surface area contributed by atoms with E-state index in [1.165, 1.54) is 6.07 Å². The minimum Gasteiger partial charge on any atom is -0.504 e. The Balaban J connectivity index is 2.52. The van der Waals surface area contributed by atoms with Crippen LogP contribution in [-0.4, -0.2) is 37.7 Å². The SMILES string of the molecule is CCOCOCCOc1cccc(O)c1OC(=O)CCC(C)C. The van der Waals surface area contributed by atoms with Crippen molar-refractivity contribution in [3.63, 3.8) is 0 Å².